The highest BCUT2D eigenvalue weighted by Crippen LogP contribution is 2.40. The van der Waals surface area contributed by atoms with Crippen LogP contribution in [0.1, 0.15) is 55.4 Å². The Morgan fingerprint density at radius 2 is 2.08 bits per heavy atom. The molecule has 2 N–H and O–H groups in total. The van der Waals surface area contributed by atoms with Crippen LogP contribution < -0.4 is 15.6 Å². The van der Waals surface area contributed by atoms with E-state index in [-0.39, 0.29) is 43.8 Å². The van der Waals surface area contributed by atoms with Gasteiger partial charge >= 0.3 is 11.9 Å². The first kappa shape index (κ1) is 25.5. The zero-order valence-electron chi connectivity index (χ0n) is 22.0. The van der Waals surface area contributed by atoms with Crippen molar-refractivity contribution in [2.45, 2.75) is 64.3 Å². The van der Waals surface area contributed by atoms with E-state index in [0.717, 1.165) is 41.4 Å². The van der Waals surface area contributed by atoms with Gasteiger partial charge in [-0.2, -0.15) is 0 Å². The topological polar surface area (TPSA) is 129 Å². The van der Waals surface area contributed by atoms with Gasteiger partial charge < -0.3 is 29.2 Å². The smallest absolute Gasteiger partial charge is 0.343 e. The van der Waals surface area contributed by atoms with Crippen LogP contribution in [0, 0.1) is 0 Å². The van der Waals surface area contributed by atoms with Gasteiger partial charge in [0.2, 0.25) is 0 Å². The molecule has 0 unspecified atom stereocenters. The standard InChI is InChI=1S/C29H31N3O7/c1-3-17-18-12-16(37-10-11-38-27(34)23-6-5-9-30-23)7-8-22(18)31-25-19(17)14-32-24(25)13-21-20(26(32)33)15-39-28(35)29(21,36)4-2/h7-8,12-13,23,30,36H,3-6,9-11,14-15H2,1-2H3/t23-,29+/m1/s1. The average molecular weight is 534 g/mol. The Hall–Kier alpha value is -3.76. The lowest BCUT2D eigenvalue weighted by atomic mass is 9.86. The van der Waals surface area contributed by atoms with Crippen molar-refractivity contribution in [3.05, 3.63) is 56.9 Å². The van der Waals surface area contributed by atoms with Crippen LogP contribution in [0.25, 0.3) is 22.3 Å². The average Bonchev–Trinajstić information content (AvgIpc) is 3.61. The van der Waals surface area contributed by atoms with Crippen LogP contribution in [-0.2, 0) is 44.2 Å². The van der Waals surface area contributed by atoms with Gasteiger partial charge in [0, 0.05) is 16.5 Å². The second-order valence-corrected chi connectivity index (χ2v) is 10.2. The highest BCUT2D eigenvalue weighted by Gasteiger charge is 2.45. The Balaban J connectivity index is 1.30. The summed E-state index contributed by atoms with van der Waals surface area (Å²) in [5.74, 6) is -0.341. The molecule has 2 aromatic heterocycles. The molecule has 0 amide bonds. The van der Waals surface area contributed by atoms with Crippen molar-refractivity contribution in [2.75, 3.05) is 19.8 Å². The summed E-state index contributed by atoms with van der Waals surface area (Å²) < 4.78 is 18.0. The summed E-state index contributed by atoms with van der Waals surface area (Å²) in [5, 5.41) is 15.1. The first-order valence-corrected chi connectivity index (χ1v) is 13.5. The third kappa shape index (κ3) is 4.09. The molecule has 3 aromatic rings. The normalized spacial score (nSPS) is 21.3. The second-order valence-electron chi connectivity index (χ2n) is 10.2. The molecule has 0 bridgehead atoms. The van der Waals surface area contributed by atoms with Crippen LogP contribution >= 0.6 is 0 Å². The van der Waals surface area contributed by atoms with Crippen LogP contribution in [0.15, 0.2) is 29.1 Å². The number of carbonyl (C=O) groups is 2. The minimum Gasteiger partial charge on any atom is -0.490 e. The Bertz CT molecular complexity index is 1560. The van der Waals surface area contributed by atoms with Crippen molar-refractivity contribution in [1.82, 2.24) is 14.9 Å². The van der Waals surface area contributed by atoms with E-state index in [0.29, 0.717) is 41.2 Å². The lowest BCUT2D eigenvalue weighted by Gasteiger charge is -2.31. The molecule has 10 nitrogen and oxygen atoms in total. The zero-order valence-corrected chi connectivity index (χ0v) is 22.0. The number of fused-ring (bicyclic) bond motifs is 5. The molecule has 1 saturated heterocycles. The summed E-state index contributed by atoms with van der Waals surface area (Å²) >= 11 is 0. The van der Waals surface area contributed by atoms with E-state index in [1.54, 1.807) is 17.6 Å². The van der Waals surface area contributed by atoms with Gasteiger partial charge in [-0.15, -0.1) is 0 Å². The number of carbonyl (C=O) groups excluding carboxylic acids is 2. The number of cyclic esters (lactones) is 1. The predicted molar refractivity (Wildman–Crippen MR) is 141 cm³/mol. The van der Waals surface area contributed by atoms with Crippen LogP contribution in [-0.4, -0.2) is 52.4 Å². The molecule has 1 fully saturated rings. The Labute approximate surface area is 224 Å². The van der Waals surface area contributed by atoms with Gasteiger partial charge in [-0.1, -0.05) is 13.8 Å². The van der Waals surface area contributed by atoms with Crippen molar-refractivity contribution in [1.29, 1.82) is 0 Å². The lowest BCUT2D eigenvalue weighted by Crippen LogP contribution is -2.44. The highest BCUT2D eigenvalue weighted by molar-refractivity contribution is 5.90. The number of benzene rings is 1. The summed E-state index contributed by atoms with van der Waals surface area (Å²) in [7, 11) is 0. The molecule has 0 radical (unpaired) electrons. The number of nitrogens with one attached hydrogen (secondary N) is 1. The van der Waals surface area contributed by atoms with Gasteiger partial charge in [-0.05, 0) is 62.1 Å². The van der Waals surface area contributed by atoms with Crippen molar-refractivity contribution < 1.29 is 28.9 Å². The zero-order chi connectivity index (χ0) is 27.3. The monoisotopic (exact) mass is 533 g/mol. The largest absolute Gasteiger partial charge is 0.490 e. The minimum atomic E-state index is -1.86. The SMILES string of the molecule is CCc1c2c(nc3ccc(OCCOC(=O)[C@H]4CCCN4)cc13)-c1cc3c(c(=O)n1C2)COC(=O)[C@]3(O)CC. The third-order valence-corrected chi connectivity index (χ3v) is 8.07. The summed E-state index contributed by atoms with van der Waals surface area (Å²) in [6, 6.07) is 7.13. The summed E-state index contributed by atoms with van der Waals surface area (Å²) in [4.78, 5) is 42.9. The van der Waals surface area contributed by atoms with Gasteiger partial charge in [0.15, 0.2) is 5.60 Å². The second kappa shape index (κ2) is 9.77. The maximum Gasteiger partial charge on any atom is 0.343 e. The number of aryl methyl sites for hydroxylation is 1. The highest BCUT2D eigenvalue weighted by atomic mass is 16.6. The maximum absolute atomic E-state index is 13.5. The first-order chi connectivity index (χ1) is 18.9. The Kier molecular flexibility index (Phi) is 6.39. The fourth-order valence-corrected chi connectivity index (χ4v) is 5.92. The number of hydrogen-bond donors (Lipinski definition) is 2. The molecule has 3 aliphatic rings. The molecule has 5 heterocycles. The summed E-state index contributed by atoms with van der Waals surface area (Å²) in [6.45, 7) is 5.16. The predicted octanol–water partition coefficient (Wildman–Crippen LogP) is 2.32. The van der Waals surface area contributed by atoms with Gasteiger partial charge in [-0.25, -0.2) is 9.78 Å². The number of pyridine rings is 2. The molecule has 0 saturated carbocycles. The molecule has 2 atom stereocenters. The van der Waals surface area contributed by atoms with Crippen molar-refractivity contribution in [3.63, 3.8) is 0 Å². The number of ether oxygens (including phenoxy) is 3. The van der Waals surface area contributed by atoms with Crippen molar-refractivity contribution in [3.8, 4) is 17.1 Å². The number of rotatable bonds is 7. The van der Waals surface area contributed by atoms with Crippen LogP contribution in [0.3, 0.4) is 0 Å². The quantitative estimate of drug-likeness (QED) is 0.272. The van der Waals surface area contributed by atoms with Gasteiger partial charge in [0.05, 0.1) is 29.0 Å². The van der Waals surface area contributed by atoms with E-state index < -0.39 is 11.6 Å². The van der Waals surface area contributed by atoms with Crippen molar-refractivity contribution in [2.24, 2.45) is 0 Å². The molecule has 0 aliphatic carbocycles. The van der Waals surface area contributed by atoms with Crippen LogP contribution in [0.4, 0.5) is 0 Å². The number of nitrogens with zero attached hydrogens (tertiary/aromatic N) is 2. The summed E-state index contributed by atoms with van der Waals surface area (Å²) in [6.07, 6.45) is 2.58. The molecule has 10 heteroatoms. The van der Waals surface area contributed by atoms with E-state index in [1.807, 2.05) is 18.2 Å². The van der Waals surface area contributed by atoms with E-state index in [9.17, 15) is 19.5 Å². The Morgan fingerprint density at radius 3 is 2.82 bits per heavy atom. The molecular formula is C29H31N3O7. The van der Waals surface area contributed by atoms with E-state index in [1.165, 1.54) is 0 Å². The van der Waals surface area contributed by atoms with Gasteiger partial charge in [0.1, 0.15) is 31.6 Å². The molecule has 39 heavy (non-hydrogen) atoms. The van der Waals surface area contributed by atoms with Gasteiger partial charge in [-0.3, -0.25) is 9.59 Å². The van der Waals surface area contributed by atoms with E-state index >= 15 is 0 Å². The first-order valence-electron chi connectivity index (χ1n) is 13.5. The molecule has 1 aromatic carbocycles. The number of aliphatic hydroxyl groups is 1. The summed E-state index contributed by atoms with van der Waals surface area (Å²) in [5.41, 5.74) is 2.48. The minimum absolute atomic E-state index is 0.0966. The Morgan fingerprint density at radius 1 is 1.23 bits per heavy atom. The molecule has 204 valence electrons. The number of hydrogen-bond acceptors (Lipinski definition) is 9. The van der Waals surface area contributed by atoms with Crippen molar-refractivity contribution >= 4 is 22.8 Å². The fourth-order valence-electron chi connectivity index (χ4n) is 5.92. The molecule has 3 aliphatic heterocycles. The number of aromatic nitrogens is 2. The molecular weight excluding hydrogens is 502 g/mol. The maximum atomic E-state index is 13.5. The van der Waals surface area contributed by atoms with Crippen LogP contribution in [0.2, 0.25) is 0 Å². The van der Waals surface area contributed by atoms with E-state index in [2.05, 4.69) is 12.2 Å². The molecule has 6 rings (SSSR count). The van der Waals surface area contributed by atoms with Gasteiger partial charge in [0.25, 0.3) is 5.56 Å². The number of esters is 2. The van der Waals surface area contributed by atoms with E-state index in [4.69, 9.17) is 19.2 Å². The lowest BCUT2D eigenvalue weighted by molar-refractivity contribution is -0.172. The third-order valence-electron chi connectivity index (χ3n) is 8.07. The molecule has 0 spiro atoms. The van der Waals surface area contributed by atoms with Crippen LogP contribution in [0.5, 0.6) is 5.75 Å². The fraction of sp³-hybridized carbons (Fsp3) is 0.448.